The van der Waals surface area contributed by atoms with Gasteiger partial charge in [0.05, 0.1) is 10.6 Å². The van der Waals surface area contributed by atoms with Crippen molar-refractivity contribution in [2.24, 2.45) is 5.73 Å². The standard InChI is InChI=1S/C15H12ClFN2OS/c1-19(10-7-5-9(6-8-10)14(18)21)15(20)11-3-2-4-12(16)13(11)17/h2-8H,1H3,(H2,18,21). The Kier molecular flexibility index (Phi) is 4.55. The predicted molar refractivity (Wildman–Crippen MR) is 86.5 cm³/mol. The number of carbonyl (C=O) groups is 1. The van der Waals surface area contributed by atoms with Gasteiger partial charge < -0.3 is 10.6 Å². The van der Waals surface area contributed by atoms with Crippen molar-refractivity contribution in [3.05, 3.63) is 64.4 Å². The fraction of sp³-hybridized carbons (Fsp3) is 0.0667. The van der Waals surface area contributed by atoms with Crippen molar-refractivity contribution >= 4 is 40.4 Å². The van der Waals surface area contributed by atoms with E-state index < -0.39 is 11.7 Å². The highest BCUT2D eigenvalue weighted by molar-refractivity contribution is 7.80. The Hall–Kier alpha value is -1.98. The number of benzene rings is 2. The molecule has 0 saturated heterocycles. The molecule has 0 unspecified atom stereocenters. The largest absolute Gasteiger partial charge is 0.389 e. The molecule has 2 rings (SSSR count). The molecule has 0 atom stereocenters. The van der Waals surface area contributed by atoms with Crippen LogP contribution in [0.15, 0.2) is 42.5 Å². The third-order valence-electron chi connectivity index (χ3n) is 3.03. The third kappa shape index (κ3) is 3.20. The molecule has 0 spiro atoms. The average molecular weight is 323 g/mol. The van der Waals surface area contributed by atoms with E-state index in [9.17, 15) is 9.18 Å². The van der Waals surface area contributed by atoms with Gasteiger partial charge in [-0.1, -0.05) is 29.9 Å². The Morgan fingerprint density at radius 1 is 1.24 bits per heavy atom. The van der Waals surface area contributed by atoms with Gasteiger partial charge in [0.1, 0.15) is 4.99 Å². The zero-order valence-electron chi connectivity index (χ0n) is 11.1. The molecule has 0 bridgehead atoms. The van der Waals surface area contributed by atoms with E-state index in [1.54, 1.807) is 31.3 Å². The van der Waals surface area contributed by atoms with E-state index in [-0.39, 0.29) is 15.6 Å². The van der Waals surface area contributed by atoms with E-state index in [4.69, 9.17) is 29.6 Å². The molecule has 2 aromatic rings. The maximum Gasteiger partial charge on any atom is 0.261 e. The van der Waals surface area contributed by atoms with Crippen LogP contribution in [0.3, 0.4) is 0 Å². The lowest BCUT2D eigenvalue weighted by Gasteiger charge is -2.18. The lowest BCUT2D eigenvalue weighted by Crippen LogP contribution is -2.27. The maximum absolute atomic E-state index is 13.9. The summed E-state index contributed by atoms with van der Waals surface area (Å²) in [5, 5.41) is -0.0851. The first kappa shape index (κ1) is 15.4. The SMILES string of the molecule is CN(C(=O)c1cccc(Cl)c1F)c1ccc(C(N)=S)cc1. The van der Waals surface area contributed by atoms with Crippen LogP contribution in [0, 0.1) is 5.82 Å². The predicted octanol–water partition coefficient (Wildman–Crippen LogP) is 3.39. The Morgan fingerprint density at radius 2 is 1.86 bits per heavy atom. The fourth-order valence-corrected chi connectivity index (χ4v) is 2.13. The van der Waals surface area contributed by atoms with Crippen LogP contribution in [0.25, 0.3) is 0 Å². The van der Waals surface area contributed by atoms with Crippen LogP contribution in [0.1, 0.15) is 15.9 Å². The van der Waals surface area contributed by atoms with Gasteiger partial charge in [0.25, 0.3) is 5.91 Å². The number of hydrogen-bond acceptors (Lipinski definition) is 2. The molecule has 21 heavy (non-hydrogen) atoms. The molecule has 1 amide bonds. The monoisotopic (exact) mass is 322 g/mol. The first-order valence-corrected chi connectivity index (χ1v) is 6.82. The van der Waals surface area contributed by atoms with Crippen molar-refractivity contribution in [2.45, 2.75) is 0 Å². The second-order valence-electron chi connectivity index (χ2n) is 4.38. The van der Waals surface area contributed by atoms with E-state index in [1.807, 2.05) is 0 Å². The molecular weight excluding hydrogens is 311 g/mol. The van der Waals surface area contributed by atoms with Gasteiger partial charge in [-0.25, -0.2) is 4.39 Å². The minimum Gasteiger partial charge on any atom is -0.389 e. The summed E-state index contributed by atoms with van der Waals surface area (Å²) >= 11 is 10.6. The minimum atomic E-state index is -0.726. The molecular formula is C15H12ClFN2OS. The summed E-state index contributed by atoms with van der Waals surface area (Å²) < 4.78 is 13.9. The number of thiocarbonyl (C=S) groups is 1. The second-order valence-corrected chi connectivity index (χ2v) is 5.22. The van der Waals surface area contributed by atoms with Crippen LogP contribution in [0.4, 0.5) is 10.1 Å². The lowest BCUT2D eigenvalue weighted by molar-refractivity contribution is 0.0989. The molecule has 0 heterocycles. The van der Waals surface area contributed by atoms with Gasteiger partial charge in [0.2, 0.25) is 0 Å². The van der Waals surface area contributed by atoms with Crippen LogP contribution >= 0.6 is 23.8 Å². The fourth-order valence-electron chi connectivity index (χ4n) is 1.82. The summed E-state index contributed by atoms with van der Waals surface area (Å²) in [7, 11) is 1.55. The molecule has 0 aromatic heterocycles. The Morgan fingerprint density at radius 3 is 2.43 bits per heavy atom. The summed E-state index contributed by atoms with van der Waals surface area (Å²) in [6.07, 6.45) is 0. The number of rotatable bonds is 3. The Bertz CT molecular complexity index is 703. The number of carbonyl (C=O) groups excluding carboxylic acids is 1. The number of halogens is 2. The van der Waals surface area contributed by atoms with Gasteiger partial charge in [-0.3, -0.25) is 4.79 Å². The van der Waals surface area contributed by atoms with Crippen molar-refractivity contribution in [1.29, 1.82) is 0 Å². The summed E-state index contributed by atoms with van der Waals surface area (Å²) in [5.74, 6) is -1.21. The molecule has 0 saturated carbocycles. The first-order valence-electron chi connectivity index (χ1n) is 6.03. The number of nitrogens with two attached hydrogens (primary N) is 1. The van der Waals surface area contributed by atoms with Crippen LogP contribution < -0.4 is 10.6 Å². The van der Waals surface area contributed by atoms with E-state index in [0.717, 1.165) is 0 Å². The normalized spacial score (nSPS) is 10.2. The molecule has 0 radical (unpaired) electrons. The molecule has 0 aliphatic carbocycles. The lowest BCUT2D eigenvalue weighted by atomic mass is 10.1. The first-order chi connectivity index (χ1) is 9.91. The van der Waals surface area contributed by atoms with Crippen molar-refractivity contribution in [1.82, 2.24) is 0 Å². The molecule has 0 aliphatic heterocycles. The molecule has 6 heteroatoms. The Balaban J connectivity index is 2.30. The van der Waals surface area contributed by atoms with Gasteiger partial charge in [-0.15, -0.1) is 0 Å². The molecule has 0 aliphatic rings. The van der Waals surface area contributed by atoms with Crippen molar-refractivity contribution in [3.63, 3.8) is 0 Å². The summed E-state index contributed by atoms with van der Waals surface area (Å²) in [5.41, 5.74) is 6.73. The average Bonchev–Trinajstić information content (AvgIpc) is 2.48. The van der Waals surface area contributed by atoms with Gasteiger partial charge in [0.15, 0.2) is 5.82 Å². The molecule has 3 nitrogen and oxygen atoms in total. The van der Waals surface area contributed by atoms with E-state index in [0.29, 0.717) is 11.3 Å². The van der Waals surface area contributed by atoms with E-state index >= 15 is 0 Å². The molecule has 0 fully saturated rings. The van der Waals surface area contributed by atoms with Crippen molar-refractivity contribution in [2.75, 3.05) is 11.9 Å². The van der Waals surface area contributed by atoms with Crippen LogP contribution in [-0.4, -0.2) is 17.9 Å². The van der Waals surface area contributed by atoms with E-state index in [2.05, 4.69) is 0 Å². The van der Waals surface area contributed by atoms with Crippen LogP contribution in [-0.2, 0) is 0 Å². The zero-order chi connectivity index (χ0) is 15.6. The summed E-state index contributed by atoms with van der Waals surface area (Å²) in [6.45, 7) is 0. The number of hydrogen-bond donors (Lipinski definition) is 1. The molecule has 2 N–H and O–H groups in total. The number of amides is 1. The van der Waals surface area contributed by atoms with E-state index in [1.165, 1.54) is 23.1 Å². The van der Waals surface area contributed by atoms with Gasteiger partial charge in [-0.2, -0.15) is 0 Å². The molecule has 108 valence electrons. The second kappa shape index (κ2) is 6.20. The Labute approximate surface area is 132 Å². The highest BCUT2D eigenvalue weighted by Crippen LogP contribution is 2.22. The minimum absolute atomic E-state index is 0.0802. The third-order valence-corrected chi connectivity index (χ3v) is 3.55. The number of nitrogens with zero attached hydrogens (tertiary/aromatic N) is 1. The van der Waals surface area contributed by atoms with Crippen LogP contribution in [0.5, 0.6) is 0 Å². The number of anilines is 1. The van der Waals surface area contributed by atoms with Crippen molar-refractivity contribution < 1.29 is 9.18 Å². The zero-order valence-corrected chi connectivity index (χ0v) is 12.7. The van der Waals surface area contributed by atoms with Crippen LogP contribution in [0.2, 0.25) is 5.02 Å². The summed E-state index contributed by atoms with van der Waals surface area (Å²) in [6, 6.07) is 11.1. The van der Waals surface area contributed by atoms with Gasteiger partial charge in [-0.05, 0) is 36.4 Å². The smallest absolute Gasteiger partial charge is 0.261 e. The maximum atomic E-state index is 13.9. The van der Waals surface area contributed by atoms with Gasteiger partial charge in [0, 0.05) is 18.3 Å². The topological polar surface area (TPSA) is 46.3 Å². The quantitative estimate of drug-likeness (QED) is 0.881. The highest BCUT2D eigenvalue weighted by atomic mass is 35.5. The highest BCUT2D eigenvalue weighted by Gasteiger charge is 2.19. The molecule has 2 aromatic carbocycles. The van der Waals surface area contributed by atoms with Crippen molar-refractivity contribution in [3.8, 4) is 0 Å². The van der Waals surface area contributed by atoms with Gasteiger partial charge >= 0.3 is 0 Å². The summed E-state index contributed by atoms with van der Waals surface area (Å²) in [4.78, 5) is 13.9.